The average molecular weight is 333 g/mol. The van der Waals surface area contributed by atoms with Crippen molar-refractivity contribution in [1.82, 2.24) is 10.2 Å². The number of piperidine rings is 1. The van der Waals surface area contributed by atoms with Crippen LogP contribution in [0.3, 0.4) is 0 Å². The van der Waals surface area contributed by atoms with Crippen molar-refractivity contribution >= 4 is 11.8 Å². The summed E-state index contributed by atoms with van der Waals surface area (Å²) in [6, 6.07) is 5.25. The second-order valence-corrected chi connectivity index (χ2v) is 6.98. The molecule has 1 aliphatic carbocycles. The quantitative estimate of drug-likeness (QED) is 0.859. The Morgan fingerprint density at radius 1 is 1.25 bits per heavy atom. The Hall–Kier alpha value is -1.95. The van der Waals surface area contributed by atoms with E-state index in [-0.39, 0.29) is 29.6 Å². The lowest BCUT2D eigenvalue weighted by atomic mass is 9.91. The van der Waals surface area contributed by atoms with Crippen molar-refractivity contribution < 1.29 is 14.0 Å². The molecule has 0 aromatic heterocycles. The first kappa shape index (κ1) is 16.9. The van der Waals surface area contributed by atoms with E-state index in [1.54, 1.807) is 12.1 Å². The fourth-order valence-corrected chi connectivity index (χ4v) is 3.39. The van der Waals surface area contributed by atoms with E-state index >= 15 is 0 Å². The van der Waals surface area contributed by atoms with Gasteiger partial charge in [-0.05, 0) is 42.9 Å². The van der Waals surface area contributed by atoms with Crippen LogP contribution in [0.15, 0.2) is 24.3 Å². The number of nitrogens with zero attached hydrogens (tertiary/aromatic N) is 1. The summed E-state index contributed by atoms with van der Waals surface area (Å²) in [5.41, 5.74) is 6.19. The van der Waals surface area contributed by atoms with Crippen molar-refractivity contribution in [3.05, 3.63) is 35.6 Å². The normalized spacial score (nSPS) is 25.3. The highest BCUT2D eigenvalue weighted by atomic mass is 19.1. The van der Waals surface area contributed by atoms with E-state index in [0.717, 1.165) is 19.3 Å². The van der Waals surface area contributed by atoms with Crippen LogP contribution in [0.2, 0.25) is 0 Å². The maximum absolute atomic E-state index is 13.1. The van der Waals surface area contributed by atoms with E-state index < -0.39 is 11.9 Å². The zero-order chi connectivity index (χ0) is 17.3. The molecule has 1 saturated heterocycles. The average Bonchev–Trinajstić information content (AvgIpc) is 3.38. The second kappa shape index (κ2) is 6.89. The van der Waals surface area contributed by atoms with Gasteiger partial charge in [0.2, 0.25) is 11.8 Å². The molecule has 0 bridgehead atoms. The van der Waals surface area contributed by atoms with E-state index in [2.05, 4.69) is 12.2 Å². The lowest BCUT2D eigenvalue weighted by Gasteiger charge is -2.39. The molecule has 6 heteroatoms. The highest BCUT2D eigenvalue weighted by Gasteiger charge is 2.37. The van der Waals surface area contributed by atoms with Gasteiger partial charge in [-0.3, -0.25) is 14.9 Å². The maximum Gasteiger partial charge on any atom is 0.239 e. The fraction of sp³-hybridized carbons (Fsp3) is 0.556. The molecule has 0 radical (unpaired) electrons. The van der Waals surface area contributed by atoms with E-state index in [9.17, 15) is 14.0 Å². The summed E-state index contributed by atoms with van der Waals surface area (Å²) < 4.78 is 13.1. The predicted octanol–water partition coefficient (Wildman–Crippen LogP) is 1.59. The zero-order valence-corrected chi connectivity index (χ0v) is 13.9. The van der Waals surface area contributed by atoms with E-state index in [0.29, 0.717) is 18.7 Å². The molecular weight excluding hydrogens is 309 g/mol. The molecule has 3 rings (SSSR count). The first-order valence-corrected chi connectivity index (χ1v) is 8.55. The minimum atomic E-state index is -0.649. The van der Waals surface area contributed by atoms with Gasteiger partial charge in [0.15, 0.2) is 0 Å². The molecule has 1 aliphatic heterocycles. The second-order valence-electron chi connectivity index (χ2n) is 6.98. The number of carbonyl (C=O) groups is 2. The summed E-state index contributed by atoms with van der Waals surface area (Å²) in [5, 5.41) is 3.31. The standard InChI is InChI=1S/C18H24FN3O2/c1-11-10-22(18(24)13-2-3-13)9-8-15(11)21-16(17(20)23)12-4-6-14(19)7-5-12/h4-7,11,13,15-16,21H,2-3,8-10H2,1H3,(H2,20,23)/t11-,15+,16+/m1/s1. The Kier molecular flexibility index (Phi) is 4.85. The number of halogens is 1. The van der Waals surface area contributed by atoms with Gasteiger partial charge in [-0.25, -0.2) is 4.39 Å². The monoisotopic (exact) mass is 333 g/mol. The molecule has 2 amide bonds. The van der Waals surface area contributed by atoms with Crippen LogP contribution in [0, 0.1) is 17.7 Å². The van der Waals surface area contributed by atoms with Crippen molar-refractivity contribution in [2.45, 2.75) is 38.3 Å². The molecule has 1 heterocycles. The molecule has 2 aliphatic rings. The summed E-state index contributed by atoms with van der Waals surface area (Å²) >= 11 is 0. The molecule has 0 spiro atoms. The molecule has 3 N–H and O–H groups in total. The van der Waals surface area contributed by atoms with Gasteiger partial charge in [0.1, 0.15) is 11.9 Å². The molecule has 3 atom stereocenters. The van der Waals surface area contributed by atoms with Gasteiger partial charge in [-0.1, -0.05) is 19.1 Å². The summed E-state index contributed by atoms with van der Waals surface area (Å²) in [6.45, 7) is 3.47. The minimum absolute atomic E-state index is 0.0933. The molecular formula is C18H24FN3O2. The van der Waals surface area contributed by atoms with Gasteiger partial charge in [-0.2, -0.15) is 0 Å². The predicted molar refractivity (Wildman–Crippen MR) is 88.3 cm³/mol. The van der Waals surface area contributed by atoms with Crippen LogP contribution in [-0.4, -0.2) is 35.8 Å². The number of rotatable bonds is 5. The number of primary amides is 1. The smallest absolute Gasteiger partial charge is 0.239 e. The number of benzene rings is 1. The Balaban J connectivity index is 1.64. The zero-order valence-electron chi connectivity index (χ0n) is 13.9. The minimum Gasteiger partial charge on any atom is -0.368 e. The topological polar surface area (TPSA) is 75.4 Å². The summed E-state index contributed by atoms with van der Waals surface area (Å²) in [6.07, 6.45) is 2.81. The van der Waals surface area contributed by atoms with Crippen molar-refractivity contribution in [1.29, 1.82) is 0 Å². The first-order chi connectivity index (χ1) is 11.5. The number of carbonyl (C=O) groups excluding carboxylic acids is 2. The van der Waals surface area contributed by atoms with Gasteiger partial charge in [-0.15, -0.1) is 0 Å². The summed E-state index contributed by atoms with van der Waals surface area (Å²) in [4.78, 5) is 26.0. The van der Waals surface area contributed by atoms with Crippen LogP contribution in [0.5, 0.6) is 0 Å². The Labute approximate surface area is 141 Å². The molecule has 5 nitrogen and oxygen atoms in total. The van der Waals surface area contributed by atoms with Crippen molar-refractivity contribution in [3.8, 4) is 0 Å². The highest BCUT2D eigenvalue weighted by Crippen LogP contribution is 2.32. The lowest BCUT2D eigenvalue weighted by molar-refractivity contribution is -0.135. The van der Waals surface area contributed by atoms with Gasteiger partial charge >= 0.3 is 0 Å². The number of likely N-dealkylation sites (tertiary alicyclic amines) is 1. The van der Waals surface area contributed by atoms with Crippen LogP contribution in [0.4, 0.5) is 4.39 Å². The van der Waals surface area contributed by atoms with Crippen LogP contribution in [0.1, 0.15) is 37.8 Å². The van der Waals surface area contributed by atoms with Crippen molar-refractivity contribution in [2.24, 2.45) is 17.6 Å². The van der Waals surface area contributed by atoms with E-state index in [1.165, 1.54) is 12.1 Å². The fourth-order valence-electron chi connectivity index (χ4n) is 3.39. The van der Waals surface area contributed by atoms with E-state index in [4.69, 9.17) is 5.73 Å². The number of hydrogen-bond donors (Lipinski definition) is 2. The highest BCUT2D eigenvalue weighted by molar-refractivity contribution is 5.82. The molecule has 2 fully saturated rings. The van der Waals surface area contributed by atoms with Gasteiger partial charge in [0.05, 0.1) is 0 Å². The summed E-state index contributed by atoms with van der Waals surface area (Å²) in [7, 11) is 0. The van der Waals surface area contributed by atoms with Crippen molar-refractivity contribution in [3.63, 3.8) is 0 Å². The molecule has 1 aromatic carbocycles. The lowest BCUT2D eigenvalue weighted by Crippen LogP contribution is -2.52. The number of nitrogens with one attached hydrogen (secondary N) is 1. The molecule has 24 heavy (non-hydrogen) atoms. The Morgan fingerprint density at radius 3 is 2.46 bits per heavy atom. The van der Waals surface area contributed by atoms with Crippen LogP contribution < -0.4 is 11.1 Å². The number of nitrogens with two attached hydrogens (primary N) is 1. The van der Waals surface area contributed by atoms with Crippen LogP contribution in [0.25, 0.3) is 0 Å². The van der Waals surface area contributed by atoms with Gasteiger partial charge in [0, 0.05) is 25.0 Å². The maximum atomic E-state index is 13.1. The third-order valence-corrected chi connectivity index (χ3v) is 5.01. The van der Waals surface area contributed by atoms with Crippen molar-refractivity contribution in [2.75, 3.05) is 13.1 Å². The number of amides is 2. The van der Waals surface area contributed by atoms with Gasteiger partial charge in [0.25, 0.3) is 0 Å². The number of hydrogen-bond acceptors (Lipinski definition) is 3. The van der Waals surface area contributed by atoms with Crippen LogP contribution in [-0.2, 0) is 9.59 Å². The Morgan fingerprint density at radius 2 is 1.92 bits per heavy atom. The molecule has 0 unspecified atom stereocenters. The molecule has 1 saturated carbocycles. The molecule has 1 aromatic rings. The first-order valence-electron chi connectivity index (χ1n) is 8.55. The van der Waals surface area contributed by atoms with Crippen LogP contribution >= 0.6 is 0 Å². The Bertz CT molecular complexity index is 615. The third-order valence-electron chi connectivity index (χ3n) is 5.01. The van der Waals surface area contributed by atoms with Gasteiger partial charge < -0.3 is 10.6 Å². The summed E-state index contributed by atoms with van der Waals surface area (Å²) in [5.74, 6) is -0.0964. The van der Waals surface area contributed by atoms with E-state index in [1.807, 2.05) is 4.90 Å². The third kappa shape index (κ3) is 3.75. The molecule has 130 valence electrons. The largest absolute Gasteiger partial charge is 0.368 e. The SMILES string of the molecule is C[C@@H]1CN(C(=O)C2CC2)CC[C@@H]1N[C@H](C(N)=O)c1ccc(F)cc1.